The van der Waals surface area contributed by atoms with E-state index in [0.29, 0.717) is 17.1 Å². The lowest BCUT2D eigenvalue weighted by Crippen LogP contribution is -2.39. The summed E-state index contributed by atoms with van der Waals surface area (Å²) in [5, 5.41) is 11.3. The number of hydrogen-bond donors (Lipinski definition) is 0. The van der Waals surface area contributed by atoms with E-state index in [-0.39, 0.29) is 6.04 Å². The molecular weight excluding hydrogens is 290 g/mol. The minimum absolute atomic E-state index is 0.216. The molecule has 0 radical (unpaired) electrons. The lowest BCUT2D eigenvalue weighted by Gasteiger charge is -2.31. The number of thioether (sulfide) groups is 1. The van der Waals surface area contributed by atoms with Gasteiger partial charge in [-0.2, -0.15) is 0 Å². The maximum absolute atomic E-state index is 10.6. The number of nitro groups is 1. The molecule has 0 spiro atoms. The van der Waals surface area contributed by atoms with Gasteiger partial charge in [0.2, 0.25) is 0 Å². The van der Waals surface area contributed by atoms with Crippen molar-refractivity contribution < 1.29 is 9.66 Å². The number of ether oxygens (including phenoxy) is 1. The van der Waals surface area contributed by atoms with Gasteiger partial charge in [0.25, 0.3) is 6.20 Å². The summed E-state index contributed by atoms with van der Waals surface area (Å²) in [4.78, 5) is 14.5. The molecule has 1 aliphatic heterocycles. The SMILES string of the molecule is CSC(=C[N+](=O)[O-])N(C)C(C)CN(C)CC1COC(C)C1. The second-order valence-corrected chi connectivity index (χ2v) is 6.71. The molecule has 7 heteroatoms. The monoisotopic (exact) mass is 317 g/mol. The van der Waals surface area contributed by atoms with Gasteiger partial charge in [-0.05, 0) is 39.5 Å². The van der Waals surface area contributed by atoms with Gasteiger partial charge in [0.05, 0.1) is 17.6 Å². The first kappa shape index (κ1) is 18.3. The zero-order chi connectivity index (χ0) is 16.0. The second-order valence-electron chi connectivity index (χ2n) is 5.88. The normalized spacial score (nSPS) is 24.4. The van der Waals surface area contributed by atoms with Crippen LogP contribution in [0.4, 0.5) is 0 Å². The van der Waals surface area contributed by atoms with Crippen LogP contribution >= 0.6 is 11.8 Å². The molecular formula is C14H27N3O3S. The number of hydrogen-bond acceptors (Lipinski definition) is 6. The maximum Gasteiger partial charge on any atom is 0.264 e. The third-order valence-electron chi connectivity index (χ3n) is 3.86. The molecule has 0 N–H and O–H groups in total. The van der Waals surface area contributed by atoms with Gasteiger partial charge < -0.3 is 14.5 Å². The Bertz CT molecular complexity index is 378. The van der Waals surface area contributed by atoms with E-state index in [2.05, 4.69) is 25.8 Å². The van der Waals surface area contributed by atoms with Gasteiger partial charge in [-0.3, -0.25) is 10.1 Å². The van der Waals surface area contributed by atoms with E-state index in [1.165, 1.54) is 11.8 Å². The third kappa shape index (κ3) is 6.23. The van der Waals surface area contributed by atoms with Gasteiger partial charge in [0.15, 0.2) is 0 Å². The van der Waals surface area contributed by atoms with Gasteiger partial charge in [0, 0.05) is 26.2 Å². The molecule has 3 atom stereocenters. The van der Waals surface area contributed by atoms with Crippen LogP contribution in [-0.4, -0.2) is 66.9 Å². The molecule has 0 aliphatic carbocycles. The molecule has 1 rings (SSSR count). The summed E-state index contributed by atoms with van der Waals surface area (Å²) >= 11 is 1.40. The average molecular weight is 317 g/mol. The molecule has 0 aromatic rings. The molecule has 21 heavy (non-hydrogen) atoms. The lowest BCUT2D eigenvalue weighted by atomic mass is 10.1. The molecule has 1 heterocycles. The Morgan fingerprint density at radius 1 is 1.57 bits per heavy atom. The fourth-order valence-corrected chi connectivity index (χ4v) is 3.38. The number of nitrogens with zero attached hydrogens (tertiary/aromatic N) is 3. The largest absolute Gasteiger partial charge is 0.378 e. The fraction of sp³-hybridized carbons (Fsp3) is 0.857. The summed E-state index contributed by atoms with van der Waals surface area (Å²) in [7, 11) is 4.01. The zero-order valence-corrected chi connectivity index (χ0v) is 14.4. The van der Waals surface area contributed by atoms with Crippen molar-refractivity contribution >= 4 is 11.8 Å². The topological polar surface area (TPSA) is 58.9 Å². The highest BCUT2D eigenvalue weighted by Gasteiger charge is 2.24. The molecule has 3 unspecified atom stereocenters. The van der Waals surface area contributed by atoms with Crippen molar-refractivity contribution in [3.05, 3.63) is 21.3 Å². The smallest absolute Gasteiger partial charge is 0.264 e. The summed E-state index contributed by atoms with van der Waals surface area (Å²) in [5.41, 5.74) is 0. The van der Waals surface area contributed by atoms with Crippen LogP contribution in [0, 0.1) is 16.0 Å². The molecule has 1 aliphatic rings. The van der Waals surface area contributed by atoms with Crippen LogP contribution in [0.1, 0.15) is 20.3 Å². The standard InChI is InChI=1S/C14H27N3O3S/c1-11(16(4)14(21-5)9-17(18)19)7-15(3)8-13-6-12(2)20-10-13/h9,11-13H,6-8,10H2,1-5H3. The third-order valence-corrected chi connectivity index (χ3v) is 4.67. The second kappa shape index (κ2) is 8.60. The first-order chi connectivity index (χ1) is 9.83. The van der Waals surface area contributed by atoms with E-state index in [1.54, 1.807) is 0 Å². The average Bonchev–Trinajstić information content (AvgIpc) is 2.79. The first-order valence-electron chi connectivity index (χ1n) is 7.25. The molecule has 0 aromatic heterocycles. The molecule has 1 saturated heterocycles. The number of rotatable bonds is 8. The molecule has 0 saturated carbocycles. The molecule has 1 fully saturated rings. The highest BCUT2D eigenvalue weighted by atomic mass is 32.2. The minimum Gasteiger partial charge on any atom is -0.378 e. The van der Waals surface area contributed by atoms with Crippen LogP contribution in [0.5, 0.6) is 0 Å². The van der Waals surface area contributed by atoms with Crippen molar-refractivity contribution in [1.29, 1.82) is 0 Å². The van der Waals surface area contributed by atoms with E-state index < -0.39 is 4.92 Å². The van der Waals surface area contributed by atoms with Crippen LogP contribution in [0.25, 0.3) is 0 Å². The Morgan fingerprint density at radius 2 is 2.24 bits per heavy atom. The van der Waals surface area contributed by atoms with Crippen LogP contribution in [0.15, 0.2) is 11.2 Å². The summed E-state index contributed by atoms with van der Waals surface area (Å²) in [6.07, 6.45) is 4.42. The first-order valence-corrected chi connectivity index (χ1v) is 8.48. The van der Waals surface area contributed by atoms with Gasteiger partial charge >= 0.3 is 0 Å². The highest BCUT2D eigenvalue weighted by Crippen LogP contribution is 2.21. The van der Waals surface area contributed by atoms with Crippen molar-refractivity contribution in [2.75, 3.05) is 40.0 Å². The lowest BCUT2D eigenvalue weighted by molar-refractivity contribution is -0.403. The quantitative estimate of drug-likeness (QED) is 0.505. The van der Waals surface area contributed by atoms with Crippen LogP contribution in [0.3, 0.4) is 0 Å². The molecule has 0 bridgehead atoms. The Kier molecular flexibility index (Phi) is 7.48. The minimum atomic E-state index is -0.393. The van der Waals surface area contributed by atoms with Gasteiger partial charge in [-0.25, -0.2) is 0 Å². The van der Waals surface area contributed by atoms with Crippen molar-refractivity contribution in [3.8, 4) is 0 Å². The summed E-state index contributed by atoms with van der Waals surface area (Å²) in [6, 6.07) is 0.216. The van der Waals surface area contributed by atoms with Crippen molar-refractivity contribution in [1.82, 2.24) is 9.80 Å². The highest BCUT2D eigenvalue weighted by molar-refractivity contribution is 8.02. The van der Waals surface area contributed by atoms with E-state index in [0.717, 1.165) is 32.3 Å². The predicted octanol–water partition coefficient (Wildman–Crippen LogP) is 2.10. The van der Waals surface area contributed by atoms with Crippen molar-refractivity contribution in [3.63, 3.8) is 0 Å². The Labute approximate surface area is 131 Å². The summed E-state index contributed by atoms with van der Waals surface area (Å²) in [5.74, 6) is 0.594. The number of likely N-dealkylation sites (N-methyl/N-ethyl adjacent to an activating group) is 2. The van der Waals surface area contributed by atoms with E-state index in [1.807, 2.05) is 18.2 Å². The Hall–Kier alpha value is -0.790. The van der Waals surface area contributed by atoms with Gasteiger partial charge in [0.1, 0.15) is 5.03 Å². The Balaban J connectivity index is 2.47. The van der Waals surface area contributed by atoms with Crippen molar-refractivity contribution in [2.24, 2.45) is 5.92 Å². The molecule has 122 valence electrons. The predicted molar refractivity (Wildman–Crippen MR) is 86.8 cm³/mol. The fourth-order valence-electron chi connectivity index (χ4n) is 2.72. The van der Waals surface area contributed by atoms with Crippen LogP contribution < -0.4 is 0 Å². The molecule has 0 aromatic carbocycles. The maximum atomic E-state index is 10.6. The van der Waals surface area contributed by atoms with E-state index in [9.17, 15) is 10.1 Å². The molecule has 6 nitrogen and oxygen atoms in total. The Morgan fingerprint density at radius 3 is 2.71 bits per heavy atom. The van der Waals surface area contributed by atoms with E-state index in [4.69, 9.17) is 4.74 Å². The van der Waals surface area contributed by atoms with Crippen LogP contribution in [0.2, 0.25) is 0 Å². The summed E-state index contributed by atoms with van der Waals surface area (Å²) in [6.45, 7) is 6.93. The van der Waals surface area contributed by atoms with Gasteiger partial charge in [-0.15, -0.1) is 11.8 Å². The van der Waals surface area contributed by atoms with Gasteiger partial charge in [-0.1, -0.05) is 0 Å². The summed E-state index contributed by atoms with van der Waals surface area (Å²) < 4.78 is 5.59. The zero-order valence-electron chi connectivity index (χ0n) is 13.6. The van der Waals surface area contributed by atoms with Crippen LogP contribution in [-0.2, 0) is 4.74 Å². The molecule has 0 amide bonds. The van der Waals surface area contributed by atoms with E-state index >= 15 is 0 Å². The van der Waals surface area contributed by atoms with Crippen molar-refractivity contribution in [2.45, 2.75) is 32.4 Å².